The summed E-state index contributed by atoms with van der Waals surface area (Å²) in [4.78, 5) is 11.2. The van der Waals surface area contributed by atoms with Gasteiger partial charge in [0.2, 0.25) is 5.91 Å². The minimum Gasteiger partial charge on any atom is -0.326 e. The van der Waals surface area contributed by atoms with Crippen LogP contribution in [0.3, 0.4) is 0 Å². The molecule has 0 saturated carbocycles. The highest BCUT2D eigenvalue weighted by Gasteiger charge is 2.03. The van der Waals surface area contributed by atoms with Crippen LogP contribution in [0.5, 0.6) is 0 Å². The highest BCUT2D eigenvalue weighted by Crippen LogP contribution is 2.19. The first-order valence-electron chi connectivity index (χ1n) is 4.64. The molecule has 1 amide bonds. The Morgan fingerprint density at radius 1 is 1.43 bits per heavy atom. The highest BCUT2D eigenvalue weighted by molar-refractivity contribution is 7.97. The molecule has 1 aromatic rings. The second-order valence-corrected chi connectivity index (χ2v) is 3.86. The average molecular weight is 209 g/mol. The van der Waals surface area contributed by atoms with Crippen molar-refractivity contribution in [3.8, 4) is 0 Å². The lowest BCUT2D eigenvalue weighted by atomic mass is 10.2. The van der Waals surface area contributed by atoms with Crippen LogP contribution in [0.25, 0.3) is 0 Å². The minimum absolute atomic E-state index is 0.0681. The molecule has 3 heteroatoms. The molecule has 0 unspecified atom stereocenters. The van der Waals surface area contributed by atoms with Crippen LogP contribution < -0.4 is 5.32 Å². The summed E-state index contributed by atoms with van der Waals surface area (Å²) >= 11 is 1.75. The molecule has 0 bridgehead atoms. The molecule has 0 fully saturated rings. The van der Waals surface area contributed by atoms with Crippen molar-refractivity contribution in [2.45, 2.75) is 19.1 Å². The topological polar surface area (TPSA) is 29.1 Å². The number of thioether (sulfide) groups is 1. The molecule has 0 radical (unpaired) electrons. The van der Waals surface area contributed by atoms with Gasteiger partial charge in [-0.05, 0) is 17.9 Å². The number of hydrogen-bond acceptors (Lipinski definition) is 2. The number of anilines is 1. The molecule has 0 saturated heterocycles. The molecule has 0 spiro atoms. The number of carbonyl (C=O) groups excluding carboxylic acids is 1. The summed E-state index contributed by atoms with van der Waals surface area (Å²) in [6.07, 6.45) is 2.58. The SMILES string of the molecule is CCC(=O)Nc1ccccc1CSC. The normalized spacial score (nSPS) is 9.86. The number of hydrogen-bond donors (Lipinski definition) is 1. The van der Waals surface area contributed by atoms with E-state index in [2.05, 4.69) is 11.6 Å². The van der Waals surface area contributed by atoms with E-state index < -0.39 is 0 Å². The van der Waals surface area contributed by atoms with Gasteiger partial charge in [0, 0.05) is 17.9 Å². The van der Waals surface area contributed by atoms with Crippen LogP contribution in [-0.4, -0.2) is 12.2 Å². The second-order valence-electron chi connectivity index (χ2n) is 2.99. The Hall–Kier alpha value is -0.960. The molecular weight excluding hydrogens is 194 g/mol. The van der Waals surface area contributed by atoms with E-state index in [-0.39, 0.29) is 5.91 Å². The van der Waals surface area contributed by atoms with Gasteiger partial charge in [-0.3, -0.25) is 4.79 Å². The van der Waals surface area contributed by atoms with Crippen molar-refractivity contribution in [3.63, 3.8) is 0 Å². The van der Waals surface area contributed by atoms with E-state index in [1.54, 1.807) is 11.8 Å². The van der Waals surface area contributed by atoms with Crippen LogP contribution >= 0.6 is 11.8 Å². The minimum atomic E-state index is 0.0681. The van der Waals surface area contributed by atoms with E-state index in [4.69, 9.17) is 0 Å². The molecule has 2 nitrogen and oxygen atoms in total. The van der Waals surface area contributed by atoms with Crippen LogP contribution in [0, 0.1) is 0 Å². The molecule has 0 aliphatic heterocycles. The van der Waals surface area contributed by atoms with Crippen LogP contribution in [0.15, 0.2) is 24.3 Å². The Bertz CT molecular complexity index is 312. The van der Waals surface area contributed by atoms with Gasteiger partial charge < -0.3 is 5.32 Å². The molecule has 1 N–H and O–H groups in total. The van der Waals surface area contributed by atoms with Crippen LogP contribution in [0.2, 0.25) is 0 Å². The van der Waals surface area contributed by atoms with Gasteiger partial charge in [0.25, 0.3) is 0 Å². The van der Waals surface area contributed by atoms with E-state index >= 15 is 0 Å². The van der Waals surface area contributed by atoms with Gasteiger partial charge in [-0.2, -0.15) is 11.8 Å². The number of nitrogens with one attached hydrogen (secondary N) is 1. The van der Waals surface area contributed by atoms with E-state index in [9.17, 15) is 4.79 Å². The Labute approximate surface area is 89.1 Å². The molecule has 0 aliphatic carbocycles. The van der Waals surface area contributed by atoms with Crippen molar-refractivity contribution in [2.75, 3.05) is 11.6 Å². The number of rotatable bonds is 4. The van der Waals surface area contributed by atoms with Gasteiger partial charge in [0.1, 0.15) is 0 Å². The number of para-hydroxylation sites is 1. The standard InChI is InChI=1S/C11H15NOS/c1-3-11(13)12-10-7-5-4-6-9(10)8-14-2/h4-7H,3,8H2,1-2H3,(H,12,13). The van der Waals surface area contributed by atoms with Gasteiger partial charge in [0.05, 0.1) is 0 Å². The number of carbonyl (C=O) groups is 1. The summed E-state index contributed by atoms with van der Waals surface area (Å²) < 4.78 is 0. The summed E-state index contributed by atoms with van der Waals surface area (Å²) in [5.41, 5.74) is 2.12. The molecule has 0 heterocycles. The lowest BCUT2D eigenvalue weighted by Crippen LogP contribution is -2.10. The third kappa shape index (κ3) is 3.07. The van der Waals surface area contributed by atoms with E-state index in [0.29, 0.717) is 6.42 Å². The highest BCUT2D eigenvalue weighted by atomic mass is 32.2. The fourth-order valence-corrected chi connectivity index (χ4v) is 1.72. The molecule has 1 aromatic carbocycles. The Balaban J connectivity index is 2.78. The predicted octanol–water partition coefficient (Wildman–Crippen LogP) is 2.90. The zero-order valence-electron chi connectivity index (χ0n) is 8.54. The smallest absolute Gasteiger partial charge is 0.224 e. The van der Waals surface area contributed by atoms with Crippen LogP contribution in [-0.2, 0) is 10.5 Å². The van der Waals surface area contributed by atoms with Gasteiger partial charge in [-0.15, -0.1) is 0 Å². The molecule has 0 aromatic heterocycles. The predicted molar refractivity (Wildman–Crippen MR) is 62.6 cm³/mol. The van der Waals surface area contributed by atoms with Gasteiger partial charge in [-0.1, -0.05) is 25.1 Å². The van der Waals surface area contributed by atoms with Gasteiger partial charge in [0.15, 0.2) is 0 Å². The summed E-state index contributed by atoms with van der Waals surface area (Å²) in [7, 11) is 0. The lowest BCUT2D eigenvalue weighted by molar-refractivity contribution is -0.115. The zero-order chi connectivity index (χ0) is 10.4. The fraction of sp³-hybridized carbons (Fsp3) is 0.364. The summed E-state index contributed by atoms with van der Waals surface area (Å²) in [5, 5.41) is 2.89. The Morgan fingerprint density at radius 2 is 2.14 bits per heavy atom. The number of amides is 1. The van der Waals surface area contributed by atoms with Crippen molar-refractivity contribution >= 4 is 23.4 Å². The summed E-state index contributed by atoms with van der Waals surface area (Å²) in [6, 6.07) is 7.92. The molecule has 14 heavy (non-hydrogen) atoms. The Kier molecular flexibility index (Phi) is 4.53. The van der Waals surface area contributed by atoms with Crippen molar-refractivity contribution in [3.05, 3.63) is 29.8 Å². The molecule has 0 aliphatic rings. The van der Waals surface area contributed by atoms with Crippen molar-refractivity contribution in [2.24, 2.45) is 0 Å². The summed E-state index contributed by atoms with van der Waals surface area (Å²) in [5.74, 6) is 0.999. The average Bonchev–Trinajstić information content (AvgIpc) is 2.21. The summed E-state index contributed by atoms with van der Waals surface area (Å²) in [6.45, 7) is 1.85. The monoisotopic (exact) mass is 209 g/mol. The zero-order valence-corrected chi connectivity index (χ0v) is 9.36. The molecule has 0 atom stereocenters. The van der Waals surface area contributed by atoms with Crippen molar-refractivity contribution < 1.29 is 4.79 Å². The number of benzene rings is 1. The first-order valence-corrected chi connectivity index (χ1v) is 6.04. The van der Waals surface area contributed by atoms with Crippen LogP contribution in [0.1, 0.15) is 18.9 Å². The van der Waals surface area contributed by atoms with Crippen molar-refractivity contribution in [1.82, 2.24) is 0 Å². The fourth-order valence-electron chi connectivity index (χ4n) is 1.16. The van der Waals surface area contributed by atoms with Gasteiger partial charge >= 0.3 is 0 Å². The second kappa shape index (κ2) is 5.70. The van der Waals surface area contributed by atoms with E-state index in [1.807, 2.05) is 31.2 Å². The first kappa shape index (κ1) is 11.1. The maximum atomic E-state index is 11.2. The molecular formula is C11H15NOS. The lowest BCUT2D eigenvalue weighted by Gasteiger charge is -2.08. The van der Waals surface area contributed by atoms with Crippen LogP contribution in [0.4, 0.5) is 5.69 Å². The maximum absolute atomic E-state index is 11.2. The van der Waals surface area contributed by atoms with Crippen molar-refractivity contribution in [1.29, 1.82) is 0 Å². The molecule has 1 rings (SSSR count). The Morgan fingerprint density at radius 3 is 2.79 bits per heavy atom. The van der Waals surface area contributed by atoms with E-state index in [0.717, 1.165) is 11.4 Å². The third-order valence-electron chi connectivity index (χ3n) is 1.91. The van der Waals surface area contributed by atoms with Gasteiger partial charge in [-0.25, -0.2) is 0 Å². The maximum Gasteiger partial charge on any atom is 0.224 e. The first-order chi connectivity index (χ1) is 6.77. The molecule has 76 valence electrons. The van der Waals surface area contributed by atoms with E-state index in [1.165, 1.54) is 5.56 Å². The quantitative estimate of drug-likeness (QED) is 0.826. The third-order valence-corrected chi connectivity index (χ3v) is 2.51. The largest absolute Gasteiger partial charge is 0.326 e.